The minimum absolute atomic E-state index is 0. The molecule has 0 unspecified atom stereocenters. The summed E-state index contributed by atoms with van der Waals surface area (Å²) in [6, 6.07) is 0. The van der Waals surface area contributed by atoms with Crippen molar-refractivity contribution in [3.8, 4) is 0 Å². The Balaban J connectivity index is -0.00000144. The molecule has 0 aliphatic carbocycles. The normalized spacial score (nSPS) is 9.40. The Hall–Kier alpha value is 2.34. The molecular formula is C10H20Na2O4S4. The molecule has 0 aromatic carbocycles. The number of rotatable bonds is 13. The average Bonchev–Trinajstić information content (AvgIpc) is 2.29. The predicted octanol–water partition coefficient (Wildman–Crippen LogP) is 0.791. The fraction of sp³-hybridized carbons (Fsp3) is 0.800. The second-order valence-corrected chi connectivity index (χ2v) is 7.78. The van der Waals surface area contributed by atoms with Gasteiger partial charge in [-0.15, -0.1) is 23.5 Å². The summed E-state index contributed by atoms with van der Waals surface area (Å²) in [4.78, 5) is 20.5. The third-order valence-corrected chi connectivity index (χ3v) is 6.20. The van der Waals surface area contributed by atoms with Crippen molar-refractivity contribution in [2.45, 2.75) is 0 Å². The minimum atomic E-state index is -0.751. The van der Waals surface area contributed by atoms with E-state index in [1.165, 1.54) is 23.5 Å². The standard InChI is InChI=1S/C10H18O4S4.2Na.2H/c11-9(12)7-17-5-3-15-1-2-16-4-6-18-8-10(13)14;;;;/h1-8H2,(H,11,12)(H,13,14);;;;. The van der Waals surface area contributed by atoms with Gasteiger partial charge in [0.25, 0.3) is 0 Å². The van der Waals surface area contributed by atoms with E-state index in [2.05, 4.69) is 0 Å². The van der Waals surface area contributed by atoms with Crippen molar-refractivity contribution < 1.29 is 19.8 Å². The van der Waals surface area contributed by atoms with Gasteiger partial charge in [0.15, 0.2) is 0 Å². The van der Waals surface area contributed by atoms with Gasteiger partial charge >= 0.3 is 71.1 Å². The first-order chi connectivity index (χ1) is 8.63. The molecule has 0 heterocycles. The van der Waals surface area contributed by atoms with Gasteiger partial charge in [-0.3, -0.25) is 9.59 Å². The predicted molar refractivity (Wildman–Crippen MR) is 98.9 cm³/mol. The molecule has 0 fully saturated rings. The van der Waals surface area contributed by atoms with E-state index in [0.29, 0.717) is 0 Å². The molecule has 0 aromatic heterocycles. The Morgan fingerprint density at radius 1 is 0.600 bits per heavy atom. The first-order valence-corrected chi connectivity index (χ1v) is 9.99. The van der Waals surface area contributed by atoms with E-state index in [9.17, 15) is 9.59 Å². The van der Waals surface area contributed by atoms with Crippen LogP contribution >= 0.6 is 47.0 Å². The Labute approximate surface area is 181 Å². The summed E-state index contributed by atoms with van der Waals surface area (Å²) in [6.07, 6.45) is 0. The van der Waals surface area contributed by atoms with Crippen LogP contribution in [0.1, 0.15) is 0 Å². The second-order valence-electron chi connectivity index (χ2n) is 3.12. The van der Waals surface area contributed by atoms with Gasteiger partial charge in [0.2, 0.25) is 0 Å². The first kappa shape index (κ1) is 27.2. The van der Waals surface area contributed by atoms with E-state index >= 15 is 0 Å². The molecule has 0 radical (unpaired) electrons. The maximum absolute atomic E-state index is 10.2. The third-order valence-electron chi connectivity index (χ3n) is 1.57. The van der Waals surface area contributed by atoms with Crippen LogP contribution in [0.3, 0.4) is 0 Å². The fourth-order valence-corrected chi connectivity index (χ4v) is 4.75. The molecule has 2 N–H and O–H groups in total. The Kier molecular flexibility index (Phi) is 29.0. The van der Waals surface area contributed by atoms with Crippen molar-refractivity contribution in [2.24, 2.45) is 0 Å². The molecule has 110 valence electrons. The van der Waals surface area contributed by atoms with Crippen molar-refractivity contribution in [2.75, 3.05) is 46.0 Å². The summed E-state index contributed by atoms with van der Waals surface area (Å²) in [5.74, 6) is 4.78. The summed E-state index contributed by atoms with van der Waals surface area (Å²) >= 11 is 6.58. The van der Waals surface area contributed by atoms with E-state index in [-0.39, 0.29) is 70.6 Å². The zero-order valence-corrected chi connectivity index (χ0v) is 13.3. The van der Waals surface area contributed by atoms with Crippen molar-refractivity contribution in [1.29, 1.82) is 0 Å². The molecule has 0 saturated carbocycles. The van der Waals surface area contributed by atoms with Crippen LogP contribution in [0, 0.1) is 0 Å². The number of aliphatic carboxylic acids is 2. The molecule has 0 amide bonds. The number of carbonyl (C=O) groups is 2. The molecular weight excluding hydrogens is 358 g/mol. The van der Waals surface area contributed by atoms with Gasteiger partial charge in [-0.25, -0.2) is 0 Å². The summed E-state index contributed by atoms with van der Waals surface area (Å²) in [5, 5.41) is 16.8. The maximum atomic E-state index is 10.2. The molecule has 0 aromatic rings. The van der Waals surface area contributed by atoms with Crippen molar-refractivity contribution in [1.82, 2.24) is 0 Å². The zero-order valence-electron chi connectivity index (χ0n) is 10.0. The number of thioether (sulfide) groups is 4. The van der Waals surface area contributed by atoms with Crippen LogP contribution in [0.4, 0.5) is 0 Å². The molecule has 0 aliphatic heterocycles. The quantitative estimate of drug-likeness (QED) is 0.360. The van der Waals surface area contributed by atoms with E-state index in [1.807, 2.05) is 23.5 Å². The summed E-state index contributed by atoms with van der Waals surface area (Å²) in [7, 11) is 0. The third kappa shape index (κ3) is 25.3. The van der Waals surface area contributed by atoms with Gasteiger partial charge in [-0.1, -0.05) is 0 Å². The van der Waals surface area contributed by atoms with Crippen molar-refractivity contribution in [3.05, 3.63) is 0 Å². The van der Waals surface area contributed by atoms with Gasteiger partial charge in [-0.2, -0.15) is 23.5 Å². The van der Waals surface area contributed by atoms with Crippen LogP contribution in [0.25, 0.3) is 0 Å². The monoisotopic (exact) mass is 378 g/mol. The van der Waals surface area contributed by atoms with E-state index in [0.717, 1.165) is 34.5 Å². The number of hydrogen-bond donors (Lipinski definition) is 2. The van der Waals surface area contributed by atoms with E-state index < -0.39 is 11.9 Å². The van der Waals surface area contributed by atoms with Crippen LogP contribution < -0.4 is 0 Å². The second kappa shape index (κ2) is 21.3. The van der Waals surface area contributed by atoms with Gasteiger partial charge < -0.3 is 10.2 Å². The fourth-order valence-electron chi connectivity index (χ4n) is 0.877. The van der Waals surface area contributed by atoms with Crippen molar-refractivity contribution in [3.63, 3.8) is 0 Å². The van der Waals surface area contributed by atoms with Crippen LogP contribution in [0.5, 0.6) is 0 Å². The molecule has 0 bridgehead atoms. The van der Waals surface area contributed by atoms with Gasteiger partial charge in [-0.05, 0) is 0 Å². The number of carboxylic acid groups (broad SMARTS) is 2. The van der Waals surface area contributed by atoms with Crippen LogP contribution in [0.15, 0.2) is 0 Å². The molecule has 20 heavy (non-hydrogen) atoms. The molecule has 0 aliphatic rings. The molecule has 0 spiro atoms. The molecule has 10 heteroatoms. The average molecular weight is 379 g/mol. The van der Waals surface area contributed by atoms with Crippen molar-refractivity contribution >= 4 is 118 Å². The molecule has 4 nitrogen and oxygen atoms in total. The van der Waals surface area contributed by atoms with E-state index in [1.54, 1.807) is 0 Å². The van der Waals surface area contributed by atoms with Crippen LogP contribution in [-0.4, -0.2) is 127 Å². The molecule has 0 rings (SSSR count). The Morgan fingerprint density at radius 3 is 1.10 bits per heavy atom. The van der Waals surface area contributed by atoms with Gasteiger partial charge in [0, 0.05) is 34.5 Å². The zero-order chi connectivity index (χ0) is 13.6. The van der Waals surface area contributed by atoms with Crippen LogP contribution in [0.2, 0.25) is 0 Å². The number of carboxylic acids is 2. The summed E-state index contributed by atoms with van der Waals surface area (Å²) in [6.45, 7) is 0. The Bertz CT molecular complexity index is 223. The van der Waals surface area contributed by atoms with Crippen LogP contribution in [-0.2, 0) is 9.59 Å². The number of hydrogen-bond acceptors (Lipinski definition) is 6. The topological polar surface area (TPSA) is 74.6 Å². The Morgan fingerprint density at radius 2 is 0.850 bits per heavy atom. The van der Waals surface area contributed by atoms with Gasteiger partial charge in [0.05, 0.1) is 11.5 Å². The first-order valence-electron chi connectivity index (χ1n) is 5.37. The summed E-state index contributed by atoms with van der Waals surface area (Å²) in [5.41, 5.74) is 0. The van der Waals surface area contributed by atoms with E-state index in [4.69, 9.17) is 10.2 Å². The van der Waals surface area contributed by atoms with Gasteiger partial charge in [0.1, 0.15) is 0 Å². The SMILES string of the molecule is O=C(O)CSCCSCCSCCSCC(=O)O.[NaH].[NaH]. The summed E-state index contributed by atoms with van der Waals surface area (Å²) < 4.78 is 0. The molecule has 0 saturated heterocycles. The molecule has 0 atom stereocenters.